The predicted octanol–water partition coefficient (Wildman–Crippen LogP) is 2.92. The highest BCUT2D eigenvalue weighted by molar-refractivity contribution is 8.00. The molecule has 1 fully saturated rings. The molecule has 2 aromatic rings. The van der Waals surface area contributed by atoms with Crippen molar-refractivity contribution in [2.75, 3.05) is 18.1 Å². The molecule has 0 radical (unpaired) electrons. The zero-order valence-electron chi connectivity index (χ0n) is 15.5. The van der Waals surface area contributed by atoms with Crippen LogP contribution >= 0.6 is 23.4 Å². The molecule has 13 heteroatoms. The number of hydrogen-bond donors (Lipinski definition) is 0. The molecular weight excluding hydrogens is 453 g/mol. The van der Waals surface area contributed by atoms with Crippen LogP contribution in [0.25, 0.3) is 5.65 Å². The largest absolute Gasteiger partial charge is 0.417 e. The summed E-state index contributed by atoms with van der Waals surface area (Å²) < 4.78 is 63.8. The molecule has 1 aliphatic heterocycles. The highest BCUT2D eigenvalue weighted by Gasteiger charge is 2.36. The second kappa shape index (κ2) is 7.95. The highest BCUT2D eigenvalue weighted by atomic mass is 35.5. The lowest BCUT2D eigenvalue weighted by molar-refractivity contribution is -0.138. The van der Waals surface area contributed by atoms with E-state index in [1.807, 2.05) is 0 Å². The molecule has 0 spiro atoms. The molecule has 7 nitrogen and oxygen atoms in total. The summed E-state index contributed by atoms with van der Waals surface area (Å²) in [5, 5.41) is 6.84. The molecule has 1 aliphatic rings. The van der Waals surface area contributed by atoms with Crippen molar-refractivity contribution in [2.45, 2.75) is 42.9 Å². The van der Waals surface area contributed by atoms with Gasteiger partial charge in [-0.15, -0.1) is 10.2 Å². The minimum Gasteiger partial charge on any atom is -0.338 e. The Morgan fingerprint density at radius 3 is 2.69 bits per heavy atom. The van der Waals surface area contributed by atoms with Crippen molar-refractivity contribution < 1.29 is 26.4 Å². The molecule has 0 N–H and O–H groups in total. The SMILES string of the molecule is CCN(C(=O)[C@H](C)Sc1nnc2c(Cl)cc(C(F)(F)F)cn12)[C@H]1CCS(=O)(=O)C1. The molecule has 0 unspecified atom stereocenters. The fraction of sp³-hybridized carbons (Fsp3) is 0.562. The van der Waals surface area contributed by atoms with Crippen LogP contribution in [0.5, 0.6) is 0 Å². The minimum atomic E-state index is -4.60. The molecule has 1 saturated heterocycles. The number of amides is 1. The first-order valence-corrected chi connectivity index (χ1v) is 11.8. The average molecular weight is 471 g/mol. The Balaban J connectivity index is 1.84. The van der Waals surface area contributed by atoms with Crippen molar-refractivity contribution in [3.8, 4) is 0 Å². The van der Waals surface area contributed by atoms with Gasteiger partial charge in [0.2, 0.25) is 5.91 Å². The van der Waals surface area contributed by atoms with Crippen molar-refractivity contribution in [2.24, 2.45) is 0 Å². The molecule has 0 aromatic carbocycles. The van der Waals surface area contributed by atoms with E-state index < -0.39 is 32.9 Å². The van der Waals surface area contributed by atoms with Gasteiger partial charge in [-0.25, -0.2) is 8.42 Å². The Hall–Kier alpha value is -1.53. The van der Waals surface area contributed by atoms with Gasteiger partial charge in [0.15, 0.2) is 20.6 Å². The summed E-state index contributed by atoms with van der Waals surface area (Å²) >= 11 is 6.84. The Bertz CT molecular complexity index is 1040. The number of carbonyl (C=O) groups is 1. The van der Waals surface area contributed by atoms with Crippen molar-refractivity contribution in [1.29, 1.82) is 0 Å². The lowest BCUT2D eigenvalue weighted by Crippen LogP contribution is -2.44. The monoisotopic (exact) mass is 470 g/mol. The van der Waals surface area contributed by atoms with Gasteiger partial charge in [0.25, 0.3) is 0 Å². The Morgan fingerprint density at radius 2 is 2.14 bits per heavy atom. The van der Waals surface area contributed by atoms with Crippen LogP contribution in [0.1, 0.15) is 25.8 Å². The third kappa shape index (κ3) is 4.64. The number of thioether (sulfide) groups is 1. The van der Waals surface area contributed by atoms with Gasteiger partial charge in [-0.1, -0.05) is 23.4 Å². The number of carbonyl (C=O) groups excluding carboxylic acids is 1. The number of halogens is 4. The fourth-order valence-corrected chi connectivity index (χ4v) is 6.10. The van der Waals surface area contributed by atoms with Crippen molar-refractivity contribution in [3.63, 3.8) is 0 Å². The number of pyridine rings is 1. The van der Waals surface area contributed by atoms with Crippen molar-refractivity contribution in [1.82, 2.24) is 19.5 Å². The van der Waals surface area contributed by atoms with Crippen LogP contribution in [0, 0.1) is 0 Å². The summed E-state index contributed by atoms with van der Waals surface area (Å²) in [6, 6.07) is 0.371. The molecule has 3 rings (SSSR count). The van der Waals surface area contributed by atoms with Gasteiger partial charge in [-0.3, -0.25) is 9.20 Å². The van der Waals surface area contributed by atoms with E-state index in [-0.39, 0.29) is 33.2 Å². The van der Waals surface area contributed by atoms with Crippen LogP contribution in [0.4, 0.5) is 13.2 Å². The zero-order chi connectivity index (χ0) is 21.6. The Kier molecular flexibility index (Phi) is 6.08. The normalized spacial score (nSPS) is 20.1. The molecule has 2 atom stereocenters. The van der Waals surface area contributed by atoms with E-state index in [4.69, 9.17) is 11.6 Å². The summed E-state index contributed by atoms with van der Waals surface area (Å²) in [4.78, 5) is 14.4. The molecule has 29 heavy (non-hydrogen) atoms. The van der Waals surface area contributed by atoms with Gasteiger partial charge >= 0.3 is 6.18 Å². The minimum absolute atomic E-state index is 0.0382. The first-order valence-electron chi connectivity index (χ1n) is 8.72. The van der Waals surface area contributed by atoms with Gasteiger partial charge in [0, 0.05) is 18.8 Å². The summed E-state index contributed by atoms with van der Waals surface area (Å²) in [6.45, 7) is 3.67. The van der Waals surface area contributed by atoms with E-state index in [1.165, 1.54) is 4.90 Å². The molecule has 3 heterocycles. The van der Waals surface area contributed by atoms with Crippen LogP contribution in [0.3, 0.4) is 0 Å². The molecule has 0 aliphatic carbocycles. The van der Waals surface area contributed by atoms with E-state index >= 15 is 0 Å². The number of nitrogens with zero attached hydrogens (tertiary/aromatic N) is 4. The van der Waals surface area contributed by atoms with E-state index in [9.17, 15) is 26.4 Å². The second-order valence-corrected chi connectivity index (χ2v) is 10.6. The van der Waals surface area contributed by atoms with Crippen LogP contribution in [-0.2, 0) is 20.8 Å². The average Bonchev–Trinajstić information content (AvgIpc) is 3.18. The molecule has 2 aromatic heterocycles. The van der Waals surface area contributed by atoms with Crippen LogP contribution in [0.2, 0.25) is 5.02 Å². The van der Waals surface area contributed by atoms with E-state index in [2.05, 4.69) is 10.2 Å². The van der Waals surface area contributed by atoms with Gasteiger partial charge in [-0.05, 0) is 26.3 Å². The first-order chi connectivity index (χ1) is 13.4. The van der Waals surface area contributed by atoms with Crippen molar-refractivity contribution in [3.05, 3.63) is 22.8 Å². The molecule has 0 bridgehead atoms. The number of rotatable bonds is 5. The van der Waals surface area contributed by atoms with Gasteiger partial charge < -0.3 is 4.90 Å². The second-order valence-electron chi connectivity index (χ2n) is 6.69. The quantitative estimate of drug-likeness (QED) is 0.625. The lowest BCUT2D eigenvalue weighted by atomic mass is 10.2. The van der Waals surface area contributed by atoms with E-state index in [0.29, 0.717) is 13.0 Å². The smallest absolute Gasteiger partial charge is 0.338 e. The first kappa shape index (κ1) is 22.2. The number of fused-ring (bicyclic) bond motifs is 1. The van der Waals surface area contributed by atoms with E-state index in [1.54, 1.807) is 13.8 Å². The lowest BCUT2D eigenvalue weighted by Gasteiger charge is -2.29. The summed E-state index contributed by atoms with van der Waals surface area (Å²) in [6.07, 6.45) is -3.39. The van der Waals surface area contributed by atoms with Crippen LogP contribution in [-0.4, -0.2) is 63.2 Å². The standard InChI is InChI=1S/C16H18ClF3N4O3S2/c1-3-23(11-4-5-29(26,27)8-11)14(25)9(2)28-15-22-21-13-12(17)6-10(7-24(13)15)16(18,19)20/h6-7,9,11H,3-5,8H2,1-2H3/t9-,11-/m0/s1. The molecule has 160 valence electrons. The fourth-order valence-electron chi connectivity index (χ4n) is 3.23. The number of alkyl halides is 3. The summed E-state index contributed by atoms with van der Waals surface area (Å²) in [5.41, 5.74) is -0.905. The maximum atomic E-state index is 13.1. The van der Waals surface area contributed by atoms with Crippen molar-refractivity contribution >= 4 is 44.8 Å². The van der Waals surface area contributed by atoms with Gasteiger partial charge in [-0.2, -0.15) is 13.2 Å². The third-order valence-corrected chi connectivity index (χ3v) is 7.73. The Morgan fingerprint density at radius 1 is 1.45 bits per heavy atom. The Labute approximate surface area is 174 Å². The van der Waals surface area contributed by atoms with Gasteiger partial charge in [0.1, 0.15) is 0 Å². The van der Waals surface area contributed by atoms with Gasteiger partial charge in [0.05, 0.1) is 27.3 Å². The number of sulfone groups is 1. The predicted molar refractivity (Wildman–Crippen MR) is 103 cm³/mol. The number of hydrogen-bond acceptors (Lipinski definition) is 6. The molecule has 0 saturated carbocycles. The molecular formula is C16H18ClF3N4O3S2. The number of aromatic nitrogens is 3. The summed E-state index contributed by atoms with van der Waals surface area (Å²) in [7, 11) is -3.16. The van der Waals surface area contributed by atoms with Crippen LogP contribution in [0.15, 0.2) is 17.4 Å². The topological polar surface area (TPSA) is 84.6 Å². The zero-order valence-corrected chi connectivity index (χ0v) is 17.9. The van der Waals surface area contributed by atoms with Crippen LogP contribution < -0.4 is 0 Å². The maximum absolute atomic E-state index is 13.1. The molecule has 1 amide bonds. The summed E-state index contributed by atoms with van der Waals surface area (Å²) in [5.74, 6) is -0.353. The third-order valence-electron chi connectivity index (χ3n) is 4.66. The maximum Gasteiger partial charge on any atom is 0.417 e. The highest BCUT2D eigenvalue weighted by Crippen LogP contribution is 2.34. The van der Waals surface area contributed by atoms with E-state index in [0.717, 1.165) is 28.4 Å².